The molecule has 20 heavy (non-hydrogen) atoms. The van der Waals surface area contributed by atoms with E-state index in [2.05, 4.69) is 15.3 Å². The number of pyridine rings is 1. The number of aromatic nitrogens is 2. The largest absolute Gasteiger partial charge is 0.361 e. The van der Waals surface area contributed by atoms with Crippen molar-refractivity contribution in [3.8, 4) is 0 Å². The maximum atomic E-state index is 12.2. The van der Waals surface area contributed by atoms with Gasteiger partial charge in [-0.15, -0.1) is 0 Å². The molecule has 6 heteroatoms. The summed E-state index contributed by atoms with van der Waals surface area (Å²) in [6, 6.07) is 8.95. The molecule has 2 aromatic heterocycles. The molecule has 100 valence electrons. The molecule has 0 spiro atoms. The van der Waals surface area contributed by atoms with Gasteiger partial charge in [0.15, 0.2) is 0 Å². The lowest BCUT2D eigenvalue weighted by atomic mass is 10.2. The van der Waals surface area contributed by atoms with Crippen molar-refractivity contribution in [2.24, 2.45) is 0 Å². The molecule has 0 aliphatic rings. The van der Waals surface area contributed by atoms with Crippen LogP contribution in [0, 0.1) is 0 Å². The predicted octanol–water partition coefficient (Wildman–Crippen LogP) is 4.12. The number of benzene rings is 1. The number of fused-ring (bicyclic) bond motifs is 1. The van der Waals surface area contributed by atoms with Crippen LogP contribution in [0.4, 0.5) is 5.69 Å². The van der Waals surface area contributed by atoms with Crippen LogP contribution < -0.4 is 5.32 Å². The fourth-order valence-electron chi connectivity index (χ4n) is 1.92. The summed E-state index contributed by atoms with van der Waals surface area (Å²) in [6.07, 6.45) is 3.20. The van der Waals surface area contributed by atoms with Crippen molar-refractivity contribution < 1.29 is 4.79 Å². The van der Waals surface area contributed by atoms with Crippen molar-refractivity contribution in [2.45, 2.75) is 0 Å². The molecule has 2 N–H and O–H groups in total. The first-order chi connectivity index (χ1) is 9.63. The van der Waals surface area contributed by atoms with E-state index < -0.39 is 0 Å². The lowest BCUT2D eigenvalue weighted by molar-refractivity contribution is 0.102. The molecule has 4 nitrogen and oxygen atoms in total. The zero-order valence-corrected chi connectivity index (χ0v) is 11.7. The van der Waals surface area contributed by atoms with Crippen LogP contribution in [0.2, 0.25) is 10.2 Å². The molecule has 0 aliphatic carbocycles. The topological polar surface area (TPSA) is 57.8 Å². The number of H-pyrrole nitrogens is 1. The second-order valence-electron chi connectivity index (χ2n) is 4.22. The molecule has 0 saturated carbocycles. The average Bonchev–Trinajstić information content (AvgIpc) is 2.89. The van der Waals surface area contributed by atoms with Crippen LogP contribution >= 0.6 is 23.2 Å². The van der Waals surface area contributed by atoms with Gasteiger partial charge in [-0.25, -0.2) is 4.98 Å². The molecule has 1 amide bonds. The third-order valence-corrected chi connectivity index (χ3v) is 3.39. The molecule has 1 aromatic carbocycles. The number of carbonyl (C=O) groups is 1. The quantitative estimate of drug-likeness (QED) is 0.700. The Morgan fingerprint density at radius 2 is 2.05 bits per heavy atom. The average molecular weight is 306 g/mol. The van der Waals surface area contributed by atoms with Gasteiger partial charge in [-0.3, -0.25) is 4.79 Å². The Morgan fingerprint density at radius 1 is 1.20 bits per heavy atom. The van der Waals surface area contributed by atoms with Gasteiger partial charge in [-0.1, -0.05) is 23.2 Å². The maximum Gasteiger partial charge on any atom is 0.257 e. The first-order valence-electron chi connectivity index (χ1n) is 5.83. The van der Waals surface area contributed by atoms with Gasteiger partial charge in [-0.2, -0.15) is 0 Å². The third kappa shape index (κ3) is 2.48. The Hall–Kier alpha value is -2.04. The molecule has 3 rings (SSSR count). The maximum absolute atomic E-state index is 12.2. The highest BCUT2D eigenvalue weighted by atomic mass is 35.5. The molecule has 0 atom stereocenters. The van der Waals surface area contributed by atoms with E-state index in [0.29, 0.717) is 11.3 Å². The van der Waals surface area contributed by atoms with E-state index in [1.807, 2.05) is 30.5 Å². The second kappa shape index (κ2) is 5.15. The standard InChI is InChI=1S/C14H9Cl2N3O/c15-11-7-18-13(16)6-10(11)14(20)19-9-1-2-12-8(5-9)3-4-17-12/h1-7,17H,(H,19,20). The van der Waals surface area contributed by atoms with Gasteiger partial charge in [0, 0.05) is 29.0 Å². The van der Waals surface area contributed by atoms with Gasteiger partial charge < -0.3 is 10.3 Å². The summed E-state index contributed by atoms with van der Waals surface area (Å²) in [5, 5.41) is 4.28. The van der Waals surface area contributed by atoms with Crippen molar-refractivity contribution >= 4 is 45.7 Å². The highest BCUT2D eigenvalue weighted by Crippen LogP contribution is 2.21. The van der Waals surface area contributed by atoms with E-state index in [-0.39, 0.29) is 16.1 Å². The Morgan fingerprint density at radius 3 is 2.90 bits per heavy atom. The van der Waals surface area contributed by atoms with E-state index in [0.717, 1.165) is 10.9 Å². The molecule has 0 saturated heterocycles. The second-order valence-corrected chi connectivity index (χ2v) is 5.02. The third-order valence-electron chi connectivity index (χ3n) is 2.88. The van der Waals surface area contributed by atoms with Crippen LogP contribution in [0.5, 0.6) is 0 Å². The SMILES string of the molecule is O=C(Nc1ccc2[nH]ccc2c1)c1cc(Cl)ncc1Cl. The van der Waals surface area contributed by atoms with E-state index in [1.54, 1.807) is 0 Å². The van der Waals surface area contributed by atoms with E-state index in [4.69, 9.17) is 23.2 Å². The van der Waals surface area contributed by atoms with Crippen LogP contribution in [0.1, 0.15) is 10.4 Å². The summed E-state index contributed by atoms with van der Waals surface area (Å²) in [7, 11) is 0. The Balaban J connectivity index is 1.89. The molecule has 0 unspecified atom stereocenters. The van der Waals surface area contributed by atoms with Crippen LogP contribution in [0.25, 0.3) is 10.9 Å². The summed E-state index contributed by atoms with van der Waals surface area (Å²) >= 11 is 11.7. The Kier molecular flexibility index (Phi) is 3.34. The number of hydrogen-bond acceptors (Lipinski definition) is 2. The van der Waals surface area contributed by atoms with Crippen molar-refractivity contribution in [2.75, 3.05) is 5.32 Å². The normalized spacial score (nSPS) is 10.7. The van der Waals surface area contributed by atoms with Crippen LogP contribution in [-0.2, 0) is 0 Å². The molecule has 0 fully saturated rings. The van der Waals surface area contributed by atoms with Crippen molar-refractivity contribution in [1.29, 1.82) is 0 Å². The van der Waals surface area contributed by atoms with Crippen molar-refractivity contribution in [3.63, 3.8) is 0 Å². The fourth-order valence-corrected chi connectivity index (χ4v) is 2.26. The minimum absolute atomic E-state index is 0.223. The molecule has 0 radical (unpaired) electrons. The lowest BCUT2D eigenvalue weighted by Crippen LogP contribution is -2.12. The van der Waals surface area contributed by atoms with E-state index in [1.165, 1.54) is 12.3 Å². The number of nitrogens with one attached hydrogen (secondary N) is 2. The number of halogens is 2. The number of aromatic amines is 1. The first kappa shape index (κ1) is 13.0. The first-order valence-corrected chi connectivity index (χ1v) is 6.58. The van der Waals surface area contributed by atoms with Gasteiger partial charge >= 0.3 is 0 Å². The molecular weight excluding hydrogens is 297 g/mol. The summed E-state index contributed by atoms with van der Waals surface area (Å²) < 4.78 is 0. The number of rotatable bonds is 2. The van der Waals surface area contributed by atoms with Gasteiger partial charge in [0.25, 0.3) is 5.91 Å². The molecule has 2 heterocycles. The number of anilines is 1. The van der Waals surface area contributed by atoms with Crippen molar-refractivity contribution in [1.82, 2.24) is 9.97 Å². The number of amides is 1. The number of nitrogens with zero attached hydrogens (tertiary/aromatic N) is 1. The summed E-state index contributed by atoms with van der Waals surface area (Å²) in [6.45, 7) is 0. The minimum atomic E-state index is -0.325. The van der Waals surface area contributed by atoms with Crippen molar-refractivity contribution in [3.05, 3.63) is 58.5 Å². The zero-order chi connectivity index (χ0) is 14.1. The Bertz CT molecular complexity index is 798. The van der Waals surface area contributed by atoms with Gasteiger partial charge in [0.2, 0.25) is 0 Å². The van der Waals surface area contributed by atoms with Crippen LogP contribution in [-0.4, -0.2) is 15.9 Å². The highest BCUT2D eigenvalue weighted by Gasteiger charge is 2.12. The summed E-state index contributed by atoms with van der Waals surface area (Å²) in [5.74, 6) is -0.325. The summed E-state index contributed by atoms with van der Waals surface area (Å²) in [5.41, 5.74) is 1.99. The van der Waals surface area contributed by atoms with E-state index in [9.17, 15) is 4.79 Å². The lowest BCUT2D eigenvalue weighted by Gasteiger charge is -2.07. The molecular formula is C14H9Cl2N3O. The Labute approximate surface area is 124 Å². The smallest absolute Gasteiger partial charge is 0.257 e. The fraction of sp³-hybridized carbons (Fsp3) is 0. The monoisotopic (exact) mass is 305 g/mol. The van der Waals surface area contributed by atoms with Gasteiger partial charge in [-0.05, 0) is 30.3 Å². The van der Waals surface area contributed by atoms with Gasteiger partial charge in [0.05, 0.1) is 10.6 Å². The summed E-state index contributed by atoms with van der Waals surface area (Å²) in [4.78, 5) is 19.1. The predicted molar refractivity (Wildman–Crippen MR) is 80.5 cm³/mol. The molecule has 0 aliphatic heterocycles. The van der Waals surface area contributed by atoms with Gasteiger partial charge in [0.1, 0.15) is 5.15 Å². The van der Waals surface area contributed by atoms with E-state index >= 15 is 0 Å². The molecule has 3 aromatic rings. The van der Waals surface area contributed by atoms with Crippen LogP contribution in [0.15, 0.2) is 42.7 Å². The molecule has 0 bridgehead atoms. The zero-order valence-electron chi connectivity index (χ0n) is 10.2. The highest BCUT2D eigenvalue weighted by molar-refractivity contribution is 6.35. The number of hydrogen-bond donors (Lipinski definition) is 2. The van der Waals surface area contributed by atoms with Crippen LogP contribution in [0.3, 0.4) is 0 Å². The number of carbonyl (C=O) groups excluding carboxylic acids is 1. The minimum Gasteiger partial charge on any atom is -0.361 e.